The number of aliphatic hydroxyl groups excluding tert-OH is 1. The summed E-state index contributed by atoms with van der Waals surface area (Å²) < 4.78 is 0. The van der Waals surface area contributed by atoms with E-state index in [0.29, 0.717) is 25.9 Å². The third-order valence-corrected chi connectivity index (χ3v) is 4.86. The molecule has 6 heteroatoms. The second kappa shape index (κ2) is 6.20. The summed E-state index contributed by atoms with van der Waals surface area (Å²) in [4.78, 5) is 18.2. The van der Waals surface area contributed by atoms with E-state index >= 15 is 0 Å². The maximum absolute atomic E-state index is 11.7. The molecule has 112 valence electrons. The summed E-state index contributed by atoms with van der Waals surface area (Å²) in [6, 6.07) is 0. The van der Waals surface area contributed by atoms with Crippen LogP contribution in [0.25, 0.3) is 0 Å². The van der Waals surface area contributed by atoms with E-state index in [-0.39, 0.29) is 0 Å². The number of carbonyl (C=O) groups is 1. The lowest BCUT2D eigenvalue weighted by molar-refractivity contribution is -0.164. The van der Waals surface area contributed by atoms with Crippen LogP contribution in [0.4, 0.5) is 0 Å². The van der Waals surface area contributed by atoms with Gasteiger partial charge in [0.1, 0.15) is 5.41 Å². The first-order valence-electron chi connectivity index (χ1n) is 7.03. The zero-order valence-corrected chi connectivity index (χ0v) is 12.8. The first kappa shape index (κ1) is 15.4. The zero-order valence-electron chi connectivity index (χ0n) is 12.0. The number of aliphatic hydroxyl groups is 1. The van der Waals surface area contributed by atoms with E-state index < -0.39 is 17.5 Å². The summed E-state index contributed by atoms with van der Waals surface area (Å²) in [5.41, 5.74) is -0.0439. The van der Waals surface area contributed by atoms with Crippen molar-refractivity contribution in [1.82, 2.24) is 9.88 Å². The van der Waals surface area contributed by atoms with Gasteiger partial charge in [-0.15, -0.1) is 11.3 Å². The number of aliphatic carboxylic acids is 1. The molecule has 2 rings (SSSR count). The van der Waals surface area contributed by atoms with Crippen molar-refractivity contribution in [3.63, 3.8) is 0 Å². The van der Waals surface area contributed by atoms with Gasteiger partial charge in [0, 0.05) is 25.0 Å². The number of aromatic nitrogens is 1. The van der Waals surface area contributed by atoms with E-state index in [2.05, 4.69) is 9.88 Å². The number of hydrogen-bond acceptors (Lipinski definition) is 5. The van der Waals surface area contributed by atoms with Crippen LogP contribution in [0.2, 0.25) is 0 Å². The lowest BCUT2D eigenvalue weighted by Gasteiger charge is -2.43. The molecule has 1 aromatic rings. The normalized spacial score (nSPS) is 27.6. The van der Waals surface area contributed by atoms with Crippen LogP contribution in [0.15, 0.2) is 5.38 Å². The number of nitrogens with zero attached hydrogens (tertiary/aromatic N) is 2. The minimum atomic E-state index is -1.03. The summed E-state index contributed by atoms with van der Waals surface area (Å²) >= 11 is 1.61. The molecule has 1 saturated heterocycles. The van der Waals surface area contributed by atoms with E-state index in [1.165, 1.54) is 0 Å². The van der Waals surface area contributed by atoms with Gasteiger partial charge in [0.2, 0.25) is 0 Å². The van der Waals surface area contributed by atoms with Crippen LogP contribution in [0.5, 0.6) is 0 Å². The average molecular weight is 298 g/mol. The van der Waals surface area contributed by atoms with Crippen LogP contribution in [0.1, 0.15) is 36.9 Å². The highest BCUT2D eigenvalue weighted by Gasteiger charge is 2.48. The SMILES string of the molecule is CCC[C@@]1(C(=O)O)CN(Cc2csc(C)n2)CC[C@@H]1O. The van der Waals surface area contributed by atoms with Crippen LogP contribution < -0.4 is 0 Å². The maximum Gasteiger partial charge on any atom is 0.313 e. The van der Waals surface area contributed by atoms with Crippen LogP contribution in [-0.2, 0) is 11.3 Å². The molecular formula is C14H22N2O3S. The molecule has 0 aliphatic carbocycles. The summed E-state index contributed by atoms with van der Waals surface area (Å²) in [6.45, 7) is 5.70. The van der Waals surface area contributed by atoms with Crippen molar-refractivity contribution < 1.29 is 15.0 Å². The van der Waals surface area contributed by atoms with Crippen LogP contribution in [0.3, 0.4) is 0 Å². The Bertz CT molecular complexity index is 477. The van der Waals surface area contributed by atoms with Gasteiger partial charge in [0.25, 0.3) is 0 Å². The lowest BCUT2D eigenvalue weighted by atomic mass is 9.74. The highest BCUT2D eigenvalue weighted by Crippen LogP contribution is 2.36. The Morgan fingerprint density at radius 2 is 2.40 bits per heavy atom. The van der Waals surface area contributed by atoms with Crippen molar-refractivity contribution in [2.45, 2.75) is 45.8 Å². The fraction of sp³-hybridized carbons (Fsp3) is 0.714. The van der Waals surface area contributed by atoms with Gasteiger partial charge in [0.05, 0.1) is 16.8 Å². The molecule has 0 saturated carbocycles. The summed E-state index contributed by atoms with van der Waals surface area (Å²) in [6.07, 6.45) is 1.02. The Morgan fingerprint density at radius 3 is 2.95 bits per heavy atom. The van der Waals surface area contributed by atoms with Crippen molar-refractivity contribution in [2.75, 3.05) is 13.1 Å². The Hall–Kier alpha value is -0.980. The fourth-order valence-corrected chi connectivity index (χ4v) is 3.62. The molecule has 0 bridgehead atoms. The molecule has 2 atom stereocenters. The molecule has 5 nitrogen and oxygen atoms in total. The Kier molecular flexibility index (Phi) is 4.78. The highest BCUT2D eigenvalue weighted by molar-refractivity contribution is 7.09. The molecule has 2 N–H and O–H groups in total. The minimum Gasteiger partial charge on any atom is -0.481 e. The van der Waals surface area contributed by atoms with Gasteiger partial charge >= 0.3 is 5.97 Å². The van der Waals surface area contributed by atoms with Crippen molar-refractivity contribution in [3.8, 4) is 0 Å². The molecule has 0 radical (unpaired) electrons. The molecule has 1 aromatic heterocycles. The van der Waals surface area contributed by atoms with Crippen molar-refractivity contribution >= 4 is 17.3 Å². The quantitative estimate of drug-likeness (QED) is 0.868. The largest absolute Gasteiger partial charge is 0.481 e. The summed E-state index contributed by atoms with van der Waals surface area (Å²) in [5, 5.41) is 22.8. The number of likely N-dealkylation sites (tertiary alicyclic amines) is 1. The Labute approximate surface area is 123 Å². The van der Waals surface area contributed by atoms with E-state index in [9.17, 15) is 15.0 Å². The highest BCUT2D eigenvalue weighted by atomic mass is 32.1. The number of carboxylic acids is 1. The predicted octanol–water partition coefficient (Wildman–Crippen LogP) is 1.89. The van der Waals surface area contributed by atoms with Crippen molar-refractivity contribution in [1.29, 1.82) is 0 Å². The fourth-order valence-electron chi connectivity index (χ4n) is 3.02. The molecule has 0 spiro atoms. The van der Waals surface area contributed by atoms with Gasteiger partial charge < -0.3 is 10.2 Å². The van der Waals surface area contributed by atoms with E-state index in [0.717, 1.165) is 23.7 Å². The van der Waals surface area contributed by atoms with Gasteiger partial charge in [-0.25, -0.2) is 4.98 Å². The topological polar surface area (TPSA) is 73.7 Å². The monoisotopic (exact) mass is 298 g/mol. The van der Waals surface area contributed by atoms with Gasteiger partial charge in [-0.3, -0.25) is 9.69 Å². The Balaban J connectivity index is 2.12. The second-order valence-corrected chi connectivity index (χ2v) is 6.65. The smallest absolute Gasteiger partial charge is 0.313 e. The zero-order chi connectivity index (χ0) is 14.8. The first-order valence-corrected chi connectivity index (χ1v) is 7.90. The second-order valence-electron chi connectivity index (χ2n) is 5.58. The van der Waals surface area contributed by atoms with E-state index in [4.69, 9.17) is 0 Å². The number of carboxylic acid groups (broad SMARTS) is 1. The number of piperidine rings is 1. The van der Waals surface area contributed by atoms with Gasteiger partial charge in [-0.1, -0.05) is 13.3 Å². The minimum absolute atomic E-state index is 0.397. The number of aryl methyl sites for hydroxylation is 1. The molecule has 0 aromatic carbocycles. The predicted molar refractivity (Wildman–Crippen MR) is 77.7 cm³/mol. The lowest BCUT2D eigenvalue weighted by Crippen LogP contribution is -2.55. The molecule has 0 unspecified atom stereocenters. The maximum atomic E-state index is 11.7. The first-order chi connectivity index (χ1) is 9.48. The molecule has 20 heavy (non-hydrogen) atoms. The number of thiazole rings is 1. The van der Waals surface area contributed by atoms with Crippen LogP contribution in [-0.4, -0.2) is 45.3 Å². The average Bonchev–Trinajstić information content (AvgIpc) is 2.79. The summed E-state index contributed by atoms with van der Waals surface area (Å²) in [5.74, 6) is -0.883. The molecular weight excluding hydrogens is 276 g/mol. The molecule has 1 aliphatic heterocycles. The molecule has 2 heterocycles. The molecule has 1 fully saturated rings. The Morgan fingerprint density at radius 1 is 1.65 bits per heavy atom. The van der Waals surface area contributed by atoms with Crippen LogP contribution >= 0.6 is 11.3 Å². The van der Waals surface area contributed by atoms with Gasteiger partial charge in [0.15, 0.2) is 0 Å². The third kappa shape index (κ3) is 3.02. The summed E-state index contributed by atoms with van der Waals surface area (Å²) in [7, 11) is 0. The third-order valence-electron chi connectivity index (χ3n) is 4.04. The van der Waals surface area contributed by atoms with Gasteiger partial charge in [-0.2, -0.15) is 0 Å². The van der Waals surface area contributed by atoms with E-state index in [1.807, 2.05) is 19.2 Å². The standard InChI is InChI=1S/C14H22N2O3S/c1-3-5-14(13(18)19)9-16(6-4-12(14)17)7-11-8-20-10(2)15-11/h8,12,17H,3-7,9H2,1-2H3,(H,18,19)/t12-,14+/m0/s1. The molecule has 0 amide bonds. The van der Waals surface area contributed by atoms with E-state index in [1.54, 1.807) is 11.3 Å². The number of rotatable bonds is 5. The van der Waals surface area contributed by atoms with Crippen molar-refractivity contribution in [3.05, 3.63) is 16.1 Å². The van der Waals surface area contributed by atoms with Crippen molar-refractivity contribution in [2.24, 2.45) is 5.41 Å². The van der Waals surface area contributed by atoms with Crippen LogP contribution in [0, 0.1) is 12.3 Å². The number of hydrogen-bond donors (Lipinski definition) is 2. The molecule has 1 aliphatic rings. The van der Waals surface area contributed by atoms with Gasteiger partial charge in [-0.05, 0) is 19.8 Å².